The molecule has 0 aliphatic carbocycles. The monoisotopic (exact) mass is 341 g/mol. The van der Waals surface area contributed by atoms with E-state index in [4.69, 9.17) is 0 Å². The third-order valence-electron chi connectivity index (χ3n) is 4.17. The Kier molecular flexibility index (Phi) is 5.09. The molecular weight excluding hydrogens is 321 g/mol. The van der Waals surface area contributed by atoms with Crippen molar-refractivity contribution >= 4 is 17.5 Å². The van der Waals surface area contributed by atoms with Crippen molar-refractivity contribution in [2.75, 3.05) is 25.0 Å². The average Bonchev–Trinajstić information content (AvgIpc) is 2.59. The Morgan fingerprint density at radius 2 is 2.00 bits per heavy atom. The van der Waals surface area contributed by atoms with Crippen LogP contribution < -0.4 is 10.6 Å². The molecule has 0 spiro atoms. The van der Waals surface area contributed by atoms with Gasteiger partial charge in [-0.2, -0.15) is 0 Å². The van der Waals surface area contributed by atoms with Crippen molar-refractivity contribution in [1.29, 1.82) is 0 Å². The molecule has 0 bridgehead atoms. The fourth-order valence-electron chi connectivity index (χ4n) is 2.72. The summed E-state index contributed by atoms with van der Waals surface area (Å²) in [6.07, 6.45) is 0. The molecular formula is C19H20FN3O2. The molecule has 1 aliphatic heterocycles. The topological polar surface area (TPSA) is 61.4 Å². The van der Waals surface area contributed by atoms with E-state index < -0.39 is 0 Å². The molecule has 0 aromatic heterocycles. The van der Waals surface area contributed by atoms with Crippen molar-refractivity contribution in [3.63, 3.8) is 0 Å². The molecule has 1 heterocycles. The van der Waals surface area contributed by atoms with Crippen LogP contribution in [0.4, 0.5) is 10.1 Å². The van der Waals surface area contributed by atoms with Gasteiger partial charge in [0.1, 0.15) is 5.82 Å². The summed E-state index contributed by atoms with van der Waals surface area (Å²) >= 11 is 0. The van der Waals surface area contributed by atoms with Crippen LogP contribution in [0.25, 0.3) is 0 Å². The average molecular weight is 341 g/mol. The maximum Gasteiger partial charge on any atom is 0.255 e. The van der Waals surface area contributed by atoms with E-state index in [1.165, 1.54) is 6.07 Å². The lowest BCUT2D eigenvalue weighted by Gasteiger charge is -2.26. The van der Waals surface area contributed by atoms with Gasteiger partial charge in [-0.3, -0.25) is 14.5 Å². The van der Waals surface area contributed by atoms with Gasteiger partial charge in [-0.15, -0.1) is 0 Å². The van der Waals surface area contributed by atoms with Crippen molar-refractivity contribution in [3.05, 3.63) is 65.0 Å². The minimum atomic E-state index is -0.348. The van der Waals surface area contributed by atoms with Gasteiger partial charge >= 0.3 is 0 Å². The second-order valence-corrected chi connectivity index (χ2v) is 6.18. The Balaban J connectivity index is 1.62. The zero-order valence-electron chi connectivity index (χ0n) is 14.0. The molecule has 1 aliphatic rings. The van der Waals surface area contributed by atoms with Crippen LogP contribution in [0.3, 0.4) is 0 Å². The summed E-state index contributed by atoms with van der Waals surface area (Å²) in [7, 11) is 0. The summed E-state index contributed by atoms with van der Waals surface area (Å²) in [4.78, 5) is 25.7. The van der Waals surface area contributed by atoms with Crippen LogP contribution in [0.5, 0.6) is 0 Å². The molecule has 5 nitrogen and oxygen atoms in total. The summed E-state index contributed by atoms with van der Waals surface area (Å²) in [5, 5.41) is 5.48. The van der Waals surface area contributed by atoms with Crippen LogP contribution in [0.15, 0.2) is 42.5 Å². The molecule has 130 valence electrons. The zero-order valence-corrected chi connectivity index (χ0v) is 14.0. The van der Waals surface area contributed by atoms with Gasteiger partial charge < -0.3 is 10.6 Å². The Hall–Kier alpha value is -2.73. The number of piperazine rings is 1. The Morgan fingerprint density at radius 3 is 2.68 bits per heavy atom. The highest BCUT2D eigenvalue weighted by Crippen LogP contribution is 2.15. The zero-order chi connectivity index (χ0) is 17.8. The highest BCUT2D eigenvalue weighted by atomic mass is 19.1. The van der Waals surface area contributed by atoms with Crippen LogP contribution in [0.2, 0.25) is 0 Å². The van der Waals surface area contributed by atoms with Gasteiger partial charge in [0.2, 0.25) is 5.91 Å². The van der Waals surface area contributed by atoms with E-state index in [1.54, 1.807) is 31.2 Å². The second kappa shape index (κ2) is 7.44. The lowest BCUT2D eigenvalue weighted by Crippen LogP contribution is -2.47. The molecule has 2 N–H and O–H groups in total. The predicted molar refractivity (Wildman–Crippen MR) is 93.8 cm³/mol. The first kappa shape index (κ1) is 17.1. The van der Waals surface area contributed by atoms with Crippen molar-refractivity contribution in [2.24, 2.45) is 0 Å². The van der Waals surface area contributed by atoms with E-state index in [1.807, 2.05) is 12.1 Å². The first-order chi connectivity index (χ1) is 12.0. The van der Waals surface area contributed by atoms with E-state index >= 15 is 0 Å². The molecule has 0 unspecified atom stereocenters. The van der Waals surface area contributed by atoms with Gasteiger partial charge in [0, 0.05) is 30.9 Å². The second-order valence-electron chi connectivity index (χ2n) is 6.18. The standard InChI is InChI=1S/C19H20FN3O2/c1-13-2-7-16(10-17(13)20)22-19(25)15-5-3-14(4-6-15)11-23-9-8-21-18(24)12-23/h2-7,10H,8-9,11-12H2,1H3,(H,21,24)(H,22,25). The van der Waals surface area contributed by atoms with Crippen molar-refractivity contribution in [1.82, 2.24) is 10.2 Å². The lowest BCUT2D eigenvalue weighted by atomic mass is 10.1. The number of rotatable bonds is 4. The van der Waals surface area contributed by atoms with Crippen LogP contribution >= 0.6 is 0 Å². The number of carbonyl (C=O) groups is 2. The summed E-state index contributed by atoms with van der Waals surface area (Å²) in [6.45, 7) is 4.20. The van der Waals surface area contributed by atoms with Crippen molar-refractivity contribution < 1.29 is 14.0 Å². The highest BCUT2D eigenvalue weighted by Gasteiger charge is 2.16. The smallest absolute Gasteiger partial charge is 0.255 e. The van der Waals surface area contributed by atoms with Crippen LogP contribution in [-0.4, -0.2) is 36.3 Å². The summed E-state index contributed by atoms with van der Waals surface area (Å²) in [5.41, 5.74) is 2.50. The molecule has 25 heavy (non-hydrogen) atoms. The maximum absolute atomic E-state index is 13.6. The van der Waals surface area contributed by atoms with Crippen LogP contribution in [0, 0.1) is 12.7 Å². The van der Waals surface area contributed by atoms with Gasteiger partial charge in [-0.1, -0.05) is 18.2 Å². The Bertz CT molecular complexity index is 790. The normalized spacial score (nSPS) is 14.9. The van der Waals surface area contributed by atoms with Crippen LogP contribution in [-0.2, 0) is 11.3 Å². The molecule has 2 aromatic rings. The fraction of sp³-hybridized carbons (Fsp3) is 0.263. The summed E-state index contributed by atoms with van der Waals surface area (Å²) < 4.78 is 13.6. The number of carbonyl (C=O) groups excluding carboxylic acids is 2. The number of amides is 2. The van der Waals surface area contributed by atoms with E-state index in [9.17, 15) is 14.0 Å². The van der Waals surface area contributed by atoms with Crippen molar-refractivity contribution in [2.45, 2.75) is 13.5 Å². The number of anilines is 1. The Morgan fingerprint density at radius 1 is 1.24 bits per heavy atom. The van der Waals surface area contributed by atoms with E-state index in [0.29, 0.717) is 36.4 Å². The molecule has 3 rings (SSSR count). The van der Waals surface area contributed by atoms with E-state index in [0.717, 1.165) is 12.1 Å². The molecule has 0 radical (unpaired) electrons. The third-order valence-corrected chi connectivity index (χ3v) is 4.17. The quantitative estimate of drug-likeness (QED) is 0.897. The third kappa shape index (κ3) is 4.42. The number of nitrogens with one attached hydrogen (secondary N) is 2. The van der Waals surface area contributed by atoms with Gasteiger partial charge in [0.05, 0.1) is 6.54 Å². The Labute approximate surface area is 145 Å². The van der Waals surface area contributed by atoms with Gasteiger partial charge in [0.25, 0.3) is 5.91 Å². The highest BCUT2D eigenvalue weighted by molar-refractivity contribution is 6.04. The van der Waals surface area contributed by atoms with Gasteiger partial charge in [-0.25, -0.2) is 4.39 Å². The largest absolute Gasteiger partial charge is 0.354 e. The number of hydrogen-bond acceptors (Lipinski definition) is 3. The minimum absolute atomic E-state index is 0.0348. The van der Waals surface area contributed by atoms with Crippen LogP contribution in [0.1, 0.15) is 21.5 Å². The molecule has 1 saturated heterocycles. The van der Waals surface area contributed by atoms with Crippen molar-refractivity contribution in [3.8, 4) is 0 Å². The molecule has 2 aromatic carbocycles. The SMILES string of the molecule is Cc1ccc(NC(=O)c2ccc(CN3CCNC(=O)C3)cc2)cc1F. The summed E-state index contributed by atoms with van der Waals surface area (Å²) in [6, 6.07) is 11.8. The maximum atomic E-state index is 13.6. The number of aryl methyl sites for hydroxylation is 1. The van der Waals surface area contributed by atoms with Gasteiger partial charge in [0.15, 0.2) is 0 Å². The predicted octanol–water partition coefficient (Wildman–Crippen LogP) is 2.32. The lowest BCUT2D eigenvalue weighted by molar-refractivity contribution is -0.124. The molecule has 1 fully saturated rings. The molecule has 0 saturated carbocycles. The van der Waals surface area contributed by atoms with E-state index in [2.05, 4.69) is 15.5 Å². The first-order valence-corrected chi connectivity index (χ1v) is 8.17. The molecule has 2 amide bonds. The molecule has 0 atom stereocenters. The number of nitrogens with zero attached hydrogens (tertiary/aromatic N) is 1. The van der Waals surface area contributed by atoms with Gasteiger partial charge in [-0.05, 0) is 42.3 Å². The fourth-order valence-corrected chi connectivity index (χ4v) is 2.72. The minimum Gasteiger partial charge on any atom is -0.354 e. The van der Waals surface area contributed by atoms with E-state index in [-0.39, 0.29) is 17.6 Å². The first-order valence-electron chi connectivity index (χ1n) is 8.17. The number of benzene rings is 2. The number of halogens is 1. The summed E-state index contributed by atoms with van der Waals surface area (Å²) in [5.74, 6) is -0.599. The number of hydrogen-bond donors (Lipinski definition) is 2. The molecule has 6 heteroatoms.